The van der Waals surface area contributed by atoms with Crippen molar-refractivity contribution in [1.82, 2.24) is 0 Å². The Balaban J connectivity index is 0. The van der Waals surface area contributed by atoms with Crippen LogP contribution < -0.4 is 0 Å². The quantitative estimate of drug-likeness (QED) is 0.346. The Morgan fingerprint density at radius 3 is 0.857 bits per heavy atom. The Hall–Kier alpha value is -0.240. The van der Waals surface area contributed by atoms with Crippen molar-refractivity contribution >= 4 is 0 Å². The van der Waals surface area contributed by atoms with E-state index >= 15 is 0 Å². The number of ether oxygens (including phenoxy) is 2. The summed E-state index contributed by atoms with van der Waals surface area (Å²) in [4.78, 5) is 0. The highest BCUT2D eigenvalue weighted by molar-refractivity contribution is 4.24. The zero-order chi connectivity index (χ0) is 11.1. The van der Waals surface area contributed by atoms with Crippen LogP contribution in [-0.2, 0) is 9.47 Å². The predicted octanol–water partition coefficient (Wildman–Crippen LogP) is -2.02. The van der Waals surface area contributed by atoms with Gasteiger partial charge in [-0.2, -0.15) is 0 Å². The van der Waals surface area contributed by atoms with Crippen LogP contribution in [0.2, 0.25) is 0 Å². The van der Waals surface area contributed by atoms with Crippen LogP contribution in [0.3, 0.4) is 0 Å². The maximum Gasteiger partial charge on any atom is 0.0698 e. The second-order valence-corrected chi connectivity index (χ2v) is 2.12. The summed E-state index contributed by atoms with van der Waals surface area (Å²) >= 11 is 0. The van der Waals surface area contributed by atoms with Crippen LogP contribution in [0.15, 0.2) is 0 Å². The minimum Gasteiger partial charge on any atom is -0.394 e. The molecule has 0 spiro atoms. The lowest BCUT2D eigenvalue weighted by molar-refractivity contribution is 0.0649. The van der Waals surface area contributed by atoms with Gasteiger partial charge in [0.2, 0.25) is 0 Å². The van der Waals surface area contributed by atoms with Crippen molar-refractivity contribution in [3.8, 4) is 0 Å². The maximum atomic E-state index is 8.09. The molecule has 0 aromatic rings. The number of rotatable bonds is 8. The van der Waals surface area contributed by atoms with Crippen molar-refractivity contribution in [3.63, 3.8) is 0 Å². The monoisotopic (exact) mass is 212 g/mol. The van der Waals surface area contributed by atoms with Crippen molar-refractivity contribution in [3.05, 3.63) is 0 Å². The number of aliphatic hydroxyl groups excluding tert-OH is 4. The molecule has 0 aromatic heterocycles. The molecule has 0 radical (unpaired) electrons. The first kappa shape index (κ1) is 16.2. The van der Waals surface area contributed by atoms with Crippen LogP contribution in [-0.4, -0.2) is 73.3 Å². The smallest absolute Gasteiger partial charge is 0.0698 e. The van der Waals surface area contributed by atoms with Gasteiger partial charge in [-0.25, -0.2) is 0 Å². The number of hydrogen-bond donors (Lipinski definition) is 4. The summed E-state index contributed by atoms with van der Waals surface area (Å²) in [5.74, 6) is 0. The highest BCUT2D eigenvalue weighted by Crippen LogP contribution is 1.68. The van der Waals surface area contributed by atoms with Gasteiger partial charge in [-0.3, -0.25) is 0 Å². The first-order valence-electron chi connectivity index (χ1n) is 4.42. The van der Waals surface area contributed by atoms with E-state index in [1.165, 1.54) is 0 Å². The lowest BCUT2D eigenvalue weighted by Crippen LogP contribution is -2.03. The van der Waals surface area contributed by atoms with Gasteiger partial charge in [0.15, 0.2) is 0 Å². The van der Waals surface area contributed by atoms with E-state index in [2.05, 4.69) is 9.47 Å². The third-order valence-corrected chi connectivity index (χ3v) is 0.942. The summed E-state index contributed by atoms with van der Waals surface area (Å²) in [6, 6.07) is 0. The largest absolute Gasteiger partial charge is 0.394 e. The number of hydrogen-bond acceptors (Lipinski definition) is 6. The summed E-state index contributed by atoms with van der Waals surface area (Å²) in [7, 11) is 0. The van der Waals surface area contributed by atoms with Gasteiger partial charge in [-0.1, -0.05) is 0 Å². The van der Waals surface area contributed by atoms with Crippen molar-refractivity contribution in [1.29, 1.82) is 0 Å². The van der Waals surface area contributed by atoms with E-state index < -0.39 is 0 Å². The minimum atomic E-state index is 0.0278. The molecule has 0 saturated carbocycles. The second kappa shape index (κ2) is 18.5. The topological polar surface area (TPSA) is 99.4 Å². The average Bonchev–Trinajstić information content (AvgIpc) is 2.21. The van der Waals surface area contributed by atoms with E-state index in [9.17, 15) is 0 Å². The van der Waals surface area contributed by atoms with Gasteiger partial charge in [-0.05, 0) is 0 Å². The van der Waals surface area contributed by atoms with Crippen molar-refractivity contribution in [2.24, 2.45) is 0 Å². The molecule has 0 heterocycles. The molecule has 0 fully saturated rings. The van der Waals surface area contributed by atoms with Crippen LogP contribution >= 0.6 is 0 Å². The van der Waals surface area contributed by atoms with Gasteiger partial charge in [0, 0.05) is 0 Å². The minimum absolute atomic E-state index is 0.0278. The van der Waals surface area contributed by atoms with E-state index in [-0.39, 0.29) is 26.4 Å². The van der Waals surface area contributed by atoms with Crippen molar-refractivity contribution < 1.29 is 29.9 Å². The van der Waals surface area contributed by atoms with E-state index in [0.29, 0.717) is 26.4 Å². The lowest BCUT2D eigenvalue weighted by atomic mass is 10.7. The second-order valence-electron chi connectivity index (χ2n) is 2.12. The molecule has 0 aliphatic heterocycles. The van der Waals surface area contributed by atoms with Gasteiger partial charge >= 0.3 is 0 Å². The summed E-state index contributed by atoms with van der Waals surface area (Å²) in [6.45, 7) is 1.39. The van der Waals surface area contributed by atoms with Crippen LogP contribution in [0.1, 0.15) is 0 Å². The molecule has 6 heteroatoms. The molecule has 4 N–H and O–H groups in total. The standard InChI is InChI=1S/2C4H10O3/c2*5-1-3-7-4-2-6/h2*5-6H,1-4H2. The van der Waals surface area contributed by atoms with Crippen LogP contribution in [0.4, 0.5) is 0 Å². The maximum absolute atomic E-state index is 8.09. The molecule has 0 atom stereocenters. The summed E-state index contributed by atoms with van der Waals surface area (Å²) in [5, 5.41) is 32.3. The highest BCUT2D eigenvalue weighted by atomic mass is 16.5. The molecule has 6 nitrogen and oxygen atoms in total. The zero-order valence-electron chi connectivity index (χ0n) is 8.26. The summed E-state index contributed by atoms with van der Waals surface area (Å²) in [6.07, 6.45) is 0. The molecule has 0 aromatic carbocycles. The van der Waals surface area contributed by atoms with Crippen LogP contribution in [0.25, 0.3) is 0 Å². The van der Waals surface area contributed by atoms with E-state index in [1.54, 1.807) is 0 Å². The van der Waals surface area contributed by atoms with Gasteiger partial charge in [0.05, 0.1) is 52.9 Å². The SMILES string of the molecule is OCCOCCO.OCCOCCO. The Bertz CT molecular complexity index is 62.2. The van der Waals surface area contributed by atoms with Crippen LogP contribution in [0, 0.1) is 0 Å². The molecular weight excluding hydrogens is 192 g/mol. The molecule has 0 amide bonds. The fourth-order valence-electron chi connectivity index (χ4n) is 0.462. The molecule has 0 rings (SSSR count). The Labute approximate surface area is 83.7 Å². The van der Waals surface area contributed by atoms with Gasteiger partial charge in [-0.15, -0.1) is 0 Å². The molecule has 14 heavy (non-hydrogen) atoms. The zero-order valence-corrected chi connectivity index (χ0v) is 8.26. The first-order valence-corrected chi connectivity index (χ1v) is 4.42. The summed E-state index contributed by atoms with van der Waals surface area (Å²) in [5.41, 5.74) is 0. The highest BCUT2D eigenvalue weighted by Gasteiger charge is 1.80. The van der Waals surface area contributed by atoms with Crippen molar-refractivity contribution in [2.75, 3.05) is 52.9 Å². The third kappa shape index (κ3) is 22.6. The Kier molecular flexibility index (Phi) is 21.4. The molecular formula is C8H20O6. The first-order chi connectivity index (χ1) is 6.83. The molecule has 0 unspecified atom stereocenters. The molecule has 88 valence electrons. The Morgan fingerprint density at radius 1 is 0.500 bits per heavy atom. The van der Waals surface area contributed by atoms with Crippen LogP contribution in [0.5, 0.6) is 0 Å². The van der Waals surface area contributed by atoms with Gasteiger partial charge in [0.1, 0.15) is 0 Å². The fourth-order valence-corrected chi connectivity index (χ4v) is 0.462. The van der Waals surface area contributed by atoms with E-state index in [4.69, 9.17) is 20.4 Å². The normalized spacial score (nSPS) is 9.43. The molecule has 0 aliphatic rings. The lowest BCUT2D eigenvalue weighted by Gasteiger charge is -1.94. The van der Waals surface area contributed by atoms with E-state index in [1.807, 2.05) is 0 Å². The van der Waals surface area contributed by atoms with Gasteiger partial charge in [0.25, 0.3) is 0 Å². The molecule has 0 aliphatic carbocycles. The summed E-state index contributed by atoms with van der Waals surface area (Å²) < 4.78 is 9.26. The Morgan fingerprint density at radius 2 is 0.714 bits per heavy atom. The predicted molar refractivity (Wildman–Crippen MR) is 50.0 cm³/mol. The molecule has 0 bridgehead atoms. The average molecular weight is 212 g/mol. The molecule has 0 saturated heterocycles. The fraction of sp³-hybridized carbons (Fsp3) is 1.00. The number of aliphatic hydroxyl groups is 4. The van der Waals surface area contributed by atoms with E-state index in [0.717, 1.165) is 0 Å². The third-order valence-electron chi connectivity index (χ3n) is 0.942. The van der Waals surface area contributed by atoms with Crippen molar-refractivity contribution in [2.45, 2.75) is 0 Å². The van der Waals surface area contributed by atoms with Gasteiger partial charge < -0.3 is 29.9 Å².